The van der Waals surface area contributed by atoms with E-state index in [1.807, 2.05) is 24.3 Å². The van der Waals surface area contributed by atoms with Gasteiger partial charge in [-0.2, -0.15) is 0 Å². The highest BCUT2D eigenvalue weighted by Crippen LogP contribution is 2.54. The third kappa shape index (κ3) is 2.14. The molecule has 144 valence electrons. The summed E-state index contributed by atoms with van der Waals surface area (Å²) in [5, 5.41) is 11.1. The molecule has 7 heteroatoms. The van der Waals surface area contributed by atoms with Crippen molar-refractivity contribution in [2.45, 2.75) is 31.0 Å². The largest absolute Gasteiger partial charge is 0.454 e. The first kappa shape index (κ1) is 16.2. The molecular weight excluding hydrogens is 362 g/mol. The molecule has 4 aliphatic rings. The Balaban J connectivity index is 1.54. The summed E-state index contributed by atoms with van der Waals surface area (Å²) in [5.41, 5.74) is 4.19. The van der Waals surface area contributed by atoms with E-state index < -0.39 is 6.10 Å². The zero-order valence-corrected chi connectivity index (χ0v) is 15.1. The van der Waals surface area contributed by atoms with Crippen molar-refractivity contribution in [3.63, 3.8) is 0 Å². The fourth-order valence-corrected chi connectivity index (χ4v) is 5.11. The van der Waals surface area contributed by atoms with Crippen LogP contribution in [0.15, 0.2) is 24.3 Å². The van der Waals surface area contributed by atoms with E-state index in [-0.39, 0.29) is 32.1 Å². The Morgan fingerprint density at radius 1 is 1.04 bits per heavy atom. The summed E-state index contributed by atoms with van der Waals surface area (Å²) >= 11 is 0. The van der Waals surface area contributed by atoms with E-state index in [2.05, 4.69) is 4.90 Å². The highest BCUT2D eigenvalue weighted by atomic mass is 16.7. The number of aliphatic hydroxyl groups is 1. The van der Waals surface area contributed by atoms with Gasteiger partial charge in [0.15, 0.2) is 23.0 Å². The van der Waals surface area contributed by atoms with Gasteiger partial charge in [0.25, 0.3) is 0 Å². The number of aliphatic hydroxyl groups excluding tert-OH is 1. The lowest BCUT2D eigenvalue weighted by molar-refractivity contribution is -0.110. The molecule has 0 aromatic heterocycles. The molecular formula is C21H19NO6. The van der Waals surface area contributed by atoms with Crippen LogP contribution in [0.4, 0.5) is 0 Å². The van der Waals surface area contributed by atoms with Crippen LogP contribution >= 0.6 is 0 Å². The Kier molecular flexibility index (Phi) is 3.39. The molecule has 1 N–H and O–H groups in total. The number of fused-ring (bicyclic) bond motifs is 8. The summed E-state index contributed by atoms with van der Waals surface area (Å²) in [6, 6.07) is 7.80. The van der Waals surface area contributed by atoms with Gasteiger partial charge in [-0.05, 0) is 41.3 Å². The van der Waals surface area contributed by atoms with Crippen LogP contribution in [0.5, 0.6) is 23.0 Å². The van der Waals surface area contributed by atoms with Gasteiger partial charge in [0.2, 0.25) is 13.6 Å². The van der Waals surface area contributed by atoms with E-state index in [9.17, 15) is 9.90 Å². The standard InChI is InChI=1S/C21H19NO6/c23-4-3-22-8-14-12(1-2-16-21(14)28-10-25-16)19-15(24)5-11-6-17-18(27-9-26-17)7-13(11)20(19)22/h1-2,4,6-7,15,19-20,24H,3,5,8-10H2/t15-,19-,20+/m0/s1. The number of nitrogens with zero attached hydrogens (tertiary/aromatic N) is 1. The first-order chi connectivity index (χ1) is 13.7. The molecule has 3 heterocycles. The number of carbonyl (C=O) groups excluding carboxylic acids is 1. The second kappa shape index (κ2) is 5.86. The van der Waals surface area contributed by atoms with Gasteiger partial charge in [-0.25, -0.2) is 0 Å². The van der Waals surface area contributed by atoms with Crippen molar-refractivity contribution in [2.24, 2.45) is 0 Å². The van der Waals surface area contributed by atoms with Crippen LogP contribution in [0.2, 0.25) is 0 Å². The van der Waals surface area contributed by atoms with Crippen molar-refractivity contribution in [3.8, 4) is 23.0 Å². The Morgan fingerprint density at radius 3 is 2.68 bits per heavy atom. The van der Waals surface area contributed by atoms with Crippen LogP contribution in [-0.2, 0) is 17.8 Å². The fourth-order valence-electron chi connectivity index (χ4n) is 5.11. The van der Waals surface area contributed by atoms with Gasteiger partial charge in [-0.3, -0.25) is 4.90 Å². The van der Waals surface area contributed by atoms with Crippen LogP contribution in [-0.4, -0.2) is 42.5 Å². The summed E-state index contributed by atoms with van der Waals surface area (Å²) in [6.45, 7) is 1.23. The molecule has 7 nitrogen and oxygen atoms in total. The number of benzene rings is 2. The van der Waals surface area contributed by atoms with Crippen molar-refractivity contribution in [2.75, 3.05) is 20.1 Å². The first-order valence-electron chi connectivity index (χ1n) is 9.44. The molecule has 6 rings (SSSR count). The molecule has 0 unspecified atom stereocenters. The van der Waals surface area contributed by atoms with Gasteiger partial charge in [0, 0.05) is 24.1 Å². The van der Waals surface area contributed by atoms with E-state index in [1.165, 1.54) is 0 Å². The van der Waals surface area contributed by atoms with Crippen molar-refractivity contribution in [1.29, 1.82) is 0 Å². The lowest BCUT2D eigenvalue weighted by Gasteiger charge is -2.47. The Bertz CT molecular complexity index is 989. The zero-order valence-electron chi connectivity index (χ0n) is 15.1. The van der Waals surface area contributed by atoms with E-state index in [0.717, 1.165) is 45.8 Å². The molecule has 2 aromatic rings. The average molecular weight is 381 g/mol. The van der Waals surface area contributed by atoms with E-state index >= 15 is 0 Å². The lowest BCUT2D eigenvalue weighted by Crippen LogP contribution is -2.45. The Morgan fingerprint density at radius 2 is 1.82 bits per heavy atom. The molecule has 0 fully saturated rings. The topological polar surface area (TPSA) is 77.5 Å². The SMILES string of the molecule is O=CCN1Cc2c(ccc3c2OCO3)[C@@H]2[C@H]1c1cc3c(cc1C[C@@H]2O)OCO3. The second-order valence-corrected chi connectivity index (χ2v) is 7.61. The number of aldehydes is 1. The average Bonchev–Trinajstić information content (AvgIpc) is 3.35. The number of rotatable bonds is 2. The van der Waals surface area contributed by atoms with Crippen molar-refractivity contribution in [3.05, 3.63) is 46.5 Å². The van der Waals surface area contributed by atoms with Crippen LogP contribution in [0.25, 0.3) is 0 Å². The number of hydrogen-bond acceptors (Lipinski definition) is 7. The maximum Gasteiger partial charge on any atom is 0.231 e. The molecule has 3 aliphatic heterocycles. The highest BCUT2D eigenvalue weighted by molar-refractivity contribution is 5.59. The molecule has 2 aromatic carbocycles. The van der Waals surface area contributed by atoms with Gasteiger partial charge < -0.3 is 28.8 Å². The van der Waals surface area contributed by atoms with Crippen LogP contribution in [0, 0.1) is 0 Å². The van der Waals surface area contributed by atoms with Crippen molar-refractivity contribution >= 4 is 6.29 Å². The second-order valence-electron chi connectivity index (χ2n) is 7.61. The van der Waals surface area contributed by atoms with E-state index in [4.69, 9.17) is 18.9 Å². The molecule has 3 atom stereocenters. The summed E-state index contributed by atoms with van der Waals surface area (Å²) < 4.78 is 22.3. The molecule has 0 radical (unpaired) electrons. The molecule has 0 saturated carbocycles. The first-order valence-corrected chi connectivity index (χ1v) is 9.44. The highest BCUT2D eigenvalue weighted by Gasteiger charge is 2.46. The molecule has 0 saturated heterocycles. The molecule has 0 amide bonds. The van der Waals surface area contributed by atoms with Gasteiger partial charge in [-0.15, -0.1) is 0 Å². The van der Waals surface area contributed by atoms with Gasteiger partial charge in [0.05, 0.1) is 12.6 Å². The minimum atomic E-state index is -0.577. The maximum atomic E-state index is 11.5. The van der Waals surface area contributed by atoms with Crippen LogP contribution < -0.4 is 18.9 Å². The zero-order chi connectivity index (χ0) is 18.8. The van der Waals surface area contributed by atoms with E-state index in [1.54, 1.807) is 0 Å². The third-order valence-corrected chi connectivity index (χ3v) is 6.24. The number of hydrogen-bond donors (Lipinski definition) is 1. The maximum absolute atomic E-state index is 11.5. The molecule has 28 heavy (non-hydrogen) atoms. The molecule has 0 spiro atoms. The number of ether oxygens (including phenoxy) is 4. The van der Waals surface area contributed by atoms with Gasteiger partial charge in [-0.1, -0.05) is 6.07 Å². The summed E-state index contributed by atoms with van der Waals surface area (Å²) in [6.07, 6.45) is 0.859. The smallest absolute Gasteiger partial charge is 0.231 e. The predicted octanol–water partition coefficient (Wildman–Crippen LogP) is 1.90. The quantitative estimate of drug-likeness (QED) is 0.796. The summed E-state index contributed by atoms with van der Waals surface area (Å²) in [7, 11) is 0. The normalized spacial score (nSPS) is 26.4. The predicted molar refractivity (Wildman–Crippen MR) is 96.8 cm³/mol. The van der Waals surface area contributed by atoms with Crippen LogP contribution in [0.1, 0.15) is 34.2 Å². The Hall–Kier alpha value is -2.77. The fraction of sp³-hybridized carbons (Fsp3) is 0.381. The molecule has 1 aliphatic carbocycles. The van der Waals surface area contributed by atoms with Crippen molar-refractivity contribution < 1.29 is 28.8 Å². The summed E-state index contributed by atoms with van der Waals surface area (Å²) in [4.78, 5) is 13.6. The molecule has 0 bridgehead atoms. The minimum absolute atomic E-state index is 0.119. The minimum Gasteiger partial charge on any atom is -0.454 e. The lowest BCUT2D eigenvalue weighted by atomic mass is 9.70. The number of carbonyl (C=O) groups is 1. The van der Waals surface area contributed by atoms with Crippen LogP contribution in [0.3, 0.4) is 0 Å². The van der Waals surface area contributed by atoms with Gasteiger partial charge >= 0.3 is 0 Å². The summed E-state index contributed by atoms with van der Waals surface area (Å²) in [5.74, 6) is 2.72. The van der Waals surface area contributed by atoms with Crippen molar-refractivity contribution in [1.82, 2.24) is 4.90 Å². The van der Waals surface area contributed by atoms with Gasteiger partial charge in [0.1, 0.15) is 6.29 Å². The van der Waals surface area contributed by atoms with E-state index in [0.29, 0.717) is 18.7 Å². The Labute approximate surface area is 161 Å². The third-order valence-electron chi connectivity index (χ3n) is 6.24. The monoisotopic (exact) mass is 381 g/mol.